The van der Waals surface area contributed by atoms with Crippen LogP contribution in [0.3, 0.4) is 0 Å². The molecule has 186 valence electrons. The lowest BCUT2D eigenvalue weighted by atomic mass is 10.1. The second-order valence-electron chi connectivity index (χ2n) is 7.75. The summed E-state index contributed by atoms with van der Waals surface area (Å²) in [5.41, 5.74) is 2.25. The topological polar surface area (TPSA) is 138 Å². The van der Waals surface area contributed by atoms with Gasteiger partial charge in [0.1, 0.15) is 21.8 Å². The van der Waals surface area contributed by atoms with E-state index in [9.17, 15) is 13.2 Å². The molecule has 0 radical (unpaired) electrons. The zero-order valence-corrected chi connectivity index (χ0v) is 20.5. The van der Waals surface area contributed by atoms with Gasteiger partial charge in [-0.05, 0) is 48.2 Å². The largest absolute Gasteiger partial charge is 0.496 e. The SMILES string of the molecule is C#CC(=O)NCc1ccn(Cc2cc(OC)c3c(NS(=O)(=O)c4c(C)cccc4OC)noc3c2)n1. The average Bonchev–Trinajstić information content (AvgIpc) is 3.48. The fraction of sp³-hybridized carbons (Fsp3) is 0.208. The number of ether oxygens (including phenoxy) is 2. The molecule has 2 aromatic heterocycles. The van der Waals surface area contributed by atoms with Gasteiger partial charge in [0.15, 0.2) is 11.4 Å². The van der Waals surface area contributed by atoms with E-state index in [1.807, 2.05) is 5.92 Å². The maximum atomic E-state index is 13.2. The summed E-state index contributed by atoms with van der Waals surface area (Å²) in [5.74, 6) is 2.03. The van der Waals surface area contributed by atoms with Gasteiger partial charge in [-0.25, -0.2) is 8.42 Å². The minimum atomic E-state index is -4.05. The summed E-state index contributed by atoms with van der Waals surface area (Å²) in [6.45, 7) is 2.24. The van der Waals surface area contributed by atoms with Crippen molar-refractivity contribution in [3.05, 3.63) is 59.4 Å². The van der Waals surface area contributed by atoms with Gasteiger partial charge in [-0.1, -0.05) is 17.3 Å². The number of carbonyl (C=O) groups excluding carboxylic acids is 1. The molecular formula is C24H23N5O6S. The van der Waals surface area contributed by atoms with Crippen LogP contribution in [0.5, 0.6) is 11.5 Å². The molecule has 0 saturated carbocycles. The molecular weight excluding hydrogens is 486 g/mol. The molecule has 4 aromatic rings. The van der Waals surface area contributed by atoms with Gasteiger partial charge in [0, 0.05) is 6.20 Å². The van der Waals surface area contributed by atoms with Crippen LogP contribution in [-0.4, -0.2) is 43.5 Å². The van der Waals surface area contributed by atoms with Crippen molar-refractivity contribution in [1.82, 2.24) is 20.3 Å². The van der Waals surface area contributed by atoms with Gasteiger partial charge in [0.05, 0.1) is 33.0 Å². The molecule has 2 heterocycles. The van der Waals surface area contributed by atoms with Gasteiger partial charge < -0.3 is 19.3 Å². The normalized spacial score (nSPS) is 11.2. The number of rotatable bonds is 9. The Hall–Kier alpha value is -4.50. The van der Waals surface area contributed by atoms with Crippen LogP contribution in [0.15, 0.2) is 52.0 Å². The highest BCUT2D eigenvalue weighted by atomic mass is 32.2. The smallest absolute Gasteiger partial charge is 0.295 e. The van der Waals surface area contributed by atoms with E-state index >= 15 is 0 Å². The molecule has 1 amide bonds. The first-order valence-electron chi connectivity index (χ1n) is 10.6. The van der Waals surface area contributed by atoms with Crippen molar-refractivity contribution < 1.29 is 27.2 Å². The van der Waals surface area contributed by atoms with E-state index in [0.717, 1.165) is 5.56 Å². The molecule has 2 aromatic carbocycles. The number of amides is 1. The van der Waals surface area contributed by atoms with Crippen LogP contribution in [0.25, 0.3) is 11.0 Å². The Bertz CT molecular complexity index is 1580. The van der Waals surface area contributed by atoms with Crippen LogP contribution >= 0.6 is 0 Å². The van der Waals surface area contributed by atoms with Gasteiger partial charge in [0.2, 0.25) is 0 Å². The first-order valence-corrected chi connectivity index (χ1v) is 12.1. The van der Waals surface area contributed by atoms with Crippen LogP contribution < -0.4 is 19.5 Å². The minimum absolute atomic E-state index is 0.00663. The monoisotopic (exact) mass is 509 g/mol. The lowest BCUT2D eigenvalue weighted by molar-refractivity contribution is -0.115. The van der Waals surface area contributed by atoms with Gasteiger partial charge in [0.25, 0.3) is 15.9 Å². The van der Waals surface area contributed by atoms with Crippen LogP contribution in [0, 0.1) is 19.3 Å². The summed E-state index contributed by atoms with van der Waals surface area (Å²) >= 11 is 0. The van der Waals surface area contributed by atoms with Crippen molar-refractivity contribution in [3.63, 3.8) is 0 Å². The predicted molar refractivity (Wildman–Crippen MR) is 131 cm³/mol. The number of aromatic nitrogens is 3. The highest BCUT2D eigenvalue weighted by Crippen LogP contribution is 2.36. The highest BCUT2D eigenvalue weighted by molar-refractivity contribution is 7.92. The summed E-state index contributed by atoms with van der Waals surface area (Å²) in [5, 5.41) is 11.3. The number of hydrogen-bond acceptors (Lipinski definition) is 8. The Morgan fingerprint density at radius 3 is 2.69 bits per heavy atom. The number of aryl methyl sites for hydroxylation is 1. The van der Waals surface area contributed by atoms with Crippen molar-refractivity contribution in [1.29, 1.82) is 0 Å². The molecule has 4 rings (SSSR count). The number of methoxy groups -OCH3 is 2. The van der Waals surface area contributed by atoms with E-state index in [4.69, 9.17) is 20.4 Å². The molecule has 0 aliphatic heterocycles. The molecule has 0 unspecified atom stereocenters. The Morgan fingerprint density at radius 2 is 1.97 bits per heavy atom. The number of fused-ring (bicyclic) bond motifs is 1. The van der Waals surface area contributed by atoms with Crippen LogP contribution in [0.4, 0.5) is 5.82 Å². The van der Waals surface area contributed by atoms with E-state index in [1.54, 1.807) is 54.2 Å². The second-order valence-corrected chi connectivity index (χ2v) is 9.37. The lowest BCUT2D eigenvalue weighted by Gasteiger charge is -2.13. The van der Waals surface area contributed by atoms with E-state index in [2.05, 4.69) is 20.3 Å². The molecule has 11 nitrogen and oxygen atoms in total. The standard InChI is InChI=1S/C24H23N5O6S/c1-5-21(30)25-13-17-9-10-29(26-17)14-16-11-19(34-4)22-20(12-16)35-27-24(22)28-36(31,32)23-15(2)7-6-8-18(23)33-3/h1,6-12H,13-14H2,2-4H3,(H,25,30)(H,27,28). The van der Waals surface area contributed by atoms with Crippen LogP contribution in [0.1, 0.15) is 16.8 Å². The van der Waals surface area contributed by atoms with Gasteiger partial charge in [-0.3, -0.25) is 14.2 Å². The number of sulfonamides is 1. The molecule has 0 atom stereocenters. The number of benzene rings is 2. The molecule has 0 fully saturated rings. The number of carbonyl (C=O) groups is 1. The molecule has 12 heteroatoms. The first-order chi connectivity index (χ1) is 17.2. The summed E-state index contributed by atoms with van der Waals surface area (Å²) < 4.78 is 46.8. The fourth-order valence-electron chi connectivity index (χ4n) is 3.72. The maximum absolute atomic E-state index is 13.2. The Morgan fingerprint density at radius 1 is 1.19 bits per heavy atom. The molecule has 0 spiro atoms. The van der Waals surface area contributed by atoms with Crippen molar-refractivity contribution in [2.24, 2.45) is 0 Å². The Kier molecular flexibility index (Phi) is 6.84. The molecule has 0 aliphatic carbocycles. The quantitative estimate of drug-likeness (QED) is 0.328. The van der Waals surface area contributed by atoms with E-state index in [0.29, 0.717) is 34.5 Å². The number of terminal acetylenes is 1. The summed E-state index contributed by atoms with van der Waals surface area (Å²) in [7, 11) is -1.18. The minimum Gasteiger partial charge on any atom is -0.496 e. The zero-order chi connectivity index (χ0) is 25.9. The van der Waals surface area contributed by atoms with Crippen molar-refractivity contribution in [2.45, 2.75) is 24.9 Å². The van der Waals surface area contributed by atoms with Crippen LogP contribution in [0.2, 0.25) is 0 Å². The van der Waals surface area contributed by atoms with Gasteiger partial charge in [-0.2, -0.15) is 5.10 Å². The Balaban J connectivity index is 1.62. The highest BCUT2D eigenvalue weighted by Gasteiger charge is 2.26. The zero-order valence-electron chi connectivity index (χ0n) is 19.7. The molecule has 2 N–H and O–H groups in total. The van der Waals surface area contributed by atoms with Gasteiger partial charge in [-0.15, -0.1) is 6.42 Å². The second kappa shape index (κ2) is 10.0. The number of hydrogen-bond donors (Lipinski definition) is 2. The summed E-state index contributed by atoms with van der Waals surface area (Å²) in [6, 6.07) is 10.2. The third-order valence-corrected chi connectivity index (χ3v) is 6.84. The molecule has 36 heavy (non-hydrogen) atoms. The third-order valence-electron chi connectivity index (χ3n) is 5.31. The molecule has 0 saturated heterocycles. The fourth-order valence-corrected chi connectivity index (χ4v) is 5.12. The summed E-state index contributed by atoms with van der Waals surface area (Å²) in [6.07, 6.45) is 6.80. The van der Waals surface area contributed by atoms with E-state index in [-0.39, 0.29) is 23.0 Å². The van der Waals surface area contributed by atoms with E-state index < -0.39 is 15.9 Å². The lowest BCUT2D eigenvalue weighted by Crippen LogP contribution is -2.20. The average molecular weight is 510 g/mol. The molecule has 0 bridgehead atoms. The number of nitrogens with zero attached hydrogens (tertiary/aromatic N) is 3. The van der Waals surface area contributed by atoms with Crippen LogP contribution in [-0.2, 0) is 27.9 Å². The van der Waals surface area contributed by atoms with E-state index in [1.165, 1.54) is 14.2 Å². The number of nitrogens with one attached hydrogen (secondary N) is 2. The first kappa shape index (κ1) is 24.6. The Labute approximate surface area is 207 Å². The maximum Gasteiger partial charge on any atom is 0.295 e. The van der Waals surface area contributed by atoms with Crippen molar-refractivity contribution in [2.75, 3.05) is 18.9 Å². The molecule has 0 aliphatic rings. The van der Waals surface area contributed by atoms with Crippen molar-refractivity contribution >= 4 is 32.7 Å². The predicted octanol–water partition coefficient (Wildman–Crippen LogP) is 2.45. The number of anilines is 1. The summed E-state index contributed by atoms with van der Waals surface area (Å²) in [4.78, 5) is 11.2. The van der Waals surface area contributed by atoms with Crippen molar-refractivity contribution in [3.8, 4) is 23.8 Å². The van der Waals surface area contributed by atoms with Gasteiger partial charge >= 0.3 is 0 Å². The third kappa shape index (κ3) is 4.96.